The van der Waals surface area contributed by atoms with E-state index in [0.717, 1.165) is 33.8 Å². The molecule has 0 spiro atoms. The molecule has 0 fully saturated rings. The molecule has 0 atom stereocenters. The average Bonchev–Trinajstić information content (AvgIpc) is 3.18. The fraction of sp³-hybridized carbons (Fsp3) is 0.0909. The molecule has 4 aromatic rings. The maximum absolute atomic E-state index is 13.1. The van der Waals surface area contributed by atoms with Gasteiger partial charge in [-0.15, -0.1) is 0 Å². The number of aromatic amines is 1. The van der Waals surface area contributed by atoms with Gasteiger partial charge in [0.15, 0.2) is 0 Å². The van der Waals surface area contributed by atoms with Gasteiger partial charge in [-0.2, -0.15) is 0 Å². The number of nitrogens with zero attached hydrogens (tertiary/aromatic N) is 2. The molecule has 0 aliphatic heterocycles. The molecule has 27 heavy (non-hydrogen) atoms. The second-order valence-corrected chi connectivity index (χ2v) is 6.23. The summed E-state index contributed by atoms with van der Waals surface area (Å²) < 4.78 is 19.0. The van der Waals surface area contributed by atoms with Crippen LogP contribution in [-0.2, 0) is 6.61 Å². The third-order valence-electron chi connectivity index (χ3n) is 4.27. The van der Waals surface area contributed by atoms with Crippen LogP contribution in [0.5, 0.6) is 5.75 Å². The molecule has 0 aliphatic carbocycles. The second-order valence-electron chi connectivity index (χ2n) is 6.23. The summed E-state index contributed by atoms with van der Waals surface area (Å²) >= 11 is 0. The summed E-state index contributed by atoms with van der Waals surface area (Å²) in [5.41, 5.74) is 4.57. The first-order valence-corrected chi connectivity index (χ1v) is 8.64. The lowest BCUT2D eigenvalue weighted by Crippen LogP contribution is -1.99. The number of halogens is 1. The molecule has 0 saturated carbocycles. The van der Waals surface area contributed by atoms with E-state index in [9.17, 15) is 4.39 Å². The number of aromatic nitrogens is 3. The number of hydrogen-bond acceptors (Lipinski definition) is 3. The molecule has 4 nitrogen and oxygen atoms in total. The van der Waals surface area contributed by atoms with Gasteiger partial charge in [0.2, 0.25) is 0 Å². The molecule has 4 rings (SSSR count). The van der Waals surface area contributed by atoms with Gasteiger partial charge in [-0.05, 0) is 67.1 Å². The van der Waals surface area contributed by atoms with E-state index in [1.807, 2.05) is 49.5 Å². The molecule has 2 aromatic heterocycles. The largest absolute Gasteiger partial charge is 0.487 e. The molecule has 0 bridgehead atoms. The highest BCUT2D eigenvalue weighted by Crippen LogP contribution is 2.27. The highest BCUT2D eigenvalue weighted by molar-refractivity contribution is 5.66. The zero-order chi connectivity index (χ0) is 18.6. The number of imidazole rings is 1. The molecule has 5 heteroatoms. The van der Waals surface area contributed by atoms with E-state index in [2.05, 4.69) is 15.0 Å². The van der Waals surface area contributed by atoms with Crippen molar-refractivity contribution in [2.75, 3.05) is 0 Å². The molecule has 0 amide bonds. The summed E-state index contributed by atoms with van der Waals surface area (Å²) in [6, 6.07) is 18.0. The Kier molecular flexibility index (Phi) is 4.66. The zero-order valence-corrected chi connectivity index (χ0v) is 14.8. The standard InChI is InChI=1S/C22H18FN3O/c1-15-12-17(7-10-21(15)27-14-19-4-2-3-11-24-19)20-13-25-22(26-20)16-5-8-18(23)9-6-16/h2-13H,14H2,1H3,(H,25,26). The highest BCUT2D eigenvalue weighted by Gasteiger charge is 2.09. The van der Waals surface area contributed by atoms with E-state index in [1.54, 1.807) is 18.3 Å². The Hall–Kier alpha value is -3.47. The highest BCUT2D eigenvalue weighted by atomic mass is 19.1. The normalized spacial score (nSPS) is 10.7. The van der Waals surface area contributed by atoms with Crippen LogP contribution in [0.4, 0.5) is 4.39 Å². The van der Waals surface area contributed by atoms with Crippen LogP contribution in [-0.4, -0.2) is 15.0 Å². The number of nitrogens with one attached hydrogen (secondary N) is 1. The lowest BCUT2D eigenvalue weighted by molar-refractivity contribution is 0.299. The van der Waals surface area contributed by atoms with Gasteiger partial charge in [0.25, 0.3) is 0 Å². The van der Waals surface area contributed by atoms with Crippen molar-refractivity contribution in [3.63, 3.8) is 0 Å². The number of pyridine rings is 1. The first-order chi connectivity index (χ1) is 13.2. The smallest absolute Gasteiger partial charge is 0.138 e. The Morgan fingerprint density at radius 1 is 1.00 bits per heavy atom. The fourth-order valence-electron chi connectivity index (χ4n) is 2.83. The molecule has 1 N–H and O–H groups in total. The minimum Gasteiger partial charge on any atom is -0.487 e. The molecule has 0 aliphatic rings. The van der Waals surface area contributed by atoms with Crippen LogP contribution in [0.15, 0.2) is 73.1 Å². The van der Waals surface area contributed by atoms with Crippen LogP contribution >= 0.6 is 0 Å². The molecular weight excluding hydrogens is 341 g/mol. The maximum atomic E-state index is 13.1. The molecule has 2 aromatic carbocycles. The van der Waals surface area contributed by atoms with Crippen LogP contribution in [0.2, 0.25) is 0 Å². The van der Waals surface area contributed by atoms with Gasteiger partial charge in [-0.25, -0.2) is 9.37 Å². The quantitative estimate of drug-likeness (QED) is 0.535. The Bertz CT molecular complexity index is 1040. The van der Waals surface area contributed by atoms with Gasteiger partial charge in [0, 0.05) is 23.5 Å². The van der Waals surface area contributed by atoms with Crippen LogP contribution in [0, 0.1) is 12.7 Å². The van der Waals surface area contributed by atoms with Crippen LogP contribution < -0.4 is 4.74 Å². The van der Waals surface area contributed by atoms with E-state index in [4.69, 9.17) is 4.74 Å². The summed E-state index contributed by atoms with van der Waals surface area (Å²) in [5, 5.41) is 0. The number of rotatable bonds is 5. The summed E-state index contributed by atoms with van der Waals surface area (Å²) in [4.78, 5) is 12.0. The molecule has 0 radical (unpaired) electrons. The summed E-state index contributed by atoms with van der Waals surface area (Å²) in [6.07, 6.45) is 3.60. The third kappa shape index (κ3) is 3.87. The van der Waals surface area contributed by atoms with Crippen molar-refractivity contribution in [2.45, 2.75) is 13.5 Å². The predicted molar refractivity (Wildman–Crippen MR) is 103 cm³/mol. The van der Waals surface area contributed by atoms with Crippen molar-refractivity contribution in [3.05, 3.63) is 90.1 Å². The molecule has 0 saturated heterocycles. The minimum atomic E-state index is -0.262. The van der Waals surface area contributed by atoms with E-state index < -0.39 is 0 Å². The monoisotopic (exact) mass is 359 g/mol. The first-order valence-electron chi connectivity index (χ1n) is 8.64. The Balaban J connectivity index is 1.51. The van der Waals surface area contributed by atoms with Gasteiger partial charge in [-0.1, -0.05) is 6.07 Å². The summed E-state index contributed by atoms with van der Waals surface area (Å²) in [7, 11) is 0. The number of ether oxygens (including phenoxy) is 1. The van der Waals surface area contributed by atoms with E-state index in [0.29, 0.717) is 12.4 Å². The maximum Gasteiger partial charge on any atom is 0.138 e. The lowest BCUT2D eigenvalue weighted by atomic mass is 10.1. The predicted octanol–water partition coefficient (Wildman–Crippen LogP) is 5.17. The minimum absolute atomic E-state index is 0.262. The number of benzene rings is 2. The Morgan fingerprint density at radius 2 is 1.81 bits per heavy atom. The van der Waals surface area contributed by atoms with Gasteiger partial charge in [0.05, 0.1) is 11.4 Å². The van der Waals surface area contributed by atoms with Crippen LogP contribution in [0.3, 0.4) is 0 Å². The average molecular weight is 359 g/mol. The Labute approximate surface area is 156 Å². The van der Waals surface area contributed by atoms with Gasteiger partial charge >= 0.3 is 0 Å². The van der Waals surface area contributed by atoms with Crippen molar-refractivity contribution < 1.29 is 9.13 Å². The fourth-order valence-corrected chi connectivity index (χ4v) is 2.83. The zero-order valence-electron chi connectivity index (χ0n) is 14.8. The SMILES string of the molecule is Cc1cc(-c2c[nH]c(-c3ccc(F)cc3)n2)ccc1OCc1ccccn1. The van der Waals surface area contributed by atoms with E-state index in [-0.39, 0.29) is 5.82 Å². The number of aryl methyl sites for hydroxylation is 1. The van der Waals surface area contributed by atoms with Crippen LogP contribution in [0.25, 0.3) is 22.6 Å². The summed E-state index contributed by atoms with van der Waals surface area (Å²) in [6.45, 7) is 2.43. The van der Waals surface area contributed by atoms with Crippen molar-refractivity contribution in [1.29, 1.82) is 0 Å². The summed E-state index contributed by atoms with van der Waals surface area (Å²) in [5.74, 6) is 1.26. The van der Waals surface area contributed by atoms with Gasteiger partial charge < -0.3 is 9.72 Å². The number of H-pyrrole nitrogens is 1. The van der Waals surface area contributed by atoms with E-state index >= 15 is 0 Å². The topological polar surface area (TPSA) is 50.8 Å². The third-order valence-corrected chi connectivity index (χ3v) is 4.27. The molecule has 0 unspecified atom stereocenters. The van der Waals surface area contributed by atoms with Gasteiger partial charge in [0.1, 0.15) is 24.0 Å². The van der Waals surface area contributed by atoms with Crippen LogP contribution in [0.1, 0.15) is 11.3 Å². The first kappa shape index (κ1) is 17.0. The van der Waals surface area contributed by atoms with Gasteiger partial charge in [-0.3, -0.25) is 4.98 Å². The lowest BCUT2D eigenvalue weighted by Gasteiger charge is -2.09. The van der Waals surface area contributed by atoms with Crippen molar-refractivity contribution in [2.24, 2.45) is 0 Å². The van der Waals surface area contributed by atoms with Crippen molar-refractivity contribution in [3.8, 4) is 28.4 Å². The molecule has 134 valence electrons. The second kappa shape index (κ2) is 7.41. The van der Waals surface area contributed by atoms with Crippen molar-refractivity contribution in [1.82, 2.24) is 15.0 Å². The number of hydrogen-bond donors (Lipinski definition) is 1. The molecular formula is C22H18FN3O. The van der Waals surface area contributed by atoms with Crippen molar-refractivity contribution >= 4 is 0 Å². The molecule has 2 heterocycles. The van der Waals surface area contributed by atoms with E-state index in [1.165, 1.54) is 12.1 Å². The Morgan fingerprint density at radius 3 is 2.56 bits per heavy atom.